The lowest BCUT2D eigenvalue weighted by Crippen LogP contribution is -2.46. The Morgan fingerprint density at radius 2 is 1.87 bits per heavy atom. The van der Waals surface area contributed by atoms with Gasteiger partial charge in [-0.15, -0.1) is 0 Å². The average Bonchev–Trinajstić information content (AvgIpc) is 1.96. The number of hydrogen-bond acceptors (Lipinski definition) is 2. The molecule has 0 amide bonds. The first-order chi connectivity index (χ1) is 6.83. The molecule has 0 aromatic rings. The van der Waals surface area contributed by atoms with E-state index in [0.29, 0.717) is 6.10 Å². The van der Waals surface area contributed by atoms with E-state index in [1.807, 2.05) is 0 Å². The maximum Gasteiger partial charge on any atom is 0.0698 e. The van der Waals surface area contributed by atoms with E-state index in [4.69, 9.17) is 4.74 Å². The summed E-state index contributed by atoms with van der Waals surface area (Å²) in [6.45, 7) is 12.0. The zero-order valence-electron chi connectivity index (χ0n) is 11.0. The van der Waals surface area contributed by atoms with Crippen LogP contribution in [0.3, 0.4) is 0 Å². The standard InChI is InChI=1S/C13H27NO/c1-11(2)15-13(7-6-8-13)9-10-14-12(3,4)5/h11,14H,6-10H2,1-5H3. The summed E-state index contributed by atoms with van der Waals surface area (Å²) in [5, 5.41) is 3.54. The predicted octanol–water partition coefficient (Wildman–Crippen LogP) is 3.11. The Bertz CT molecular complexity index is 189. The minimum Gasteiger partial charge on any atom is -0.372 e. The first-order valence-corrected chi connectivity index (χ1v) is 6.26. The fourth-order valence-electron chi connectivity index (χ4n) is 2.16. The van der Waals surface area contributed by atoms with Crippen molar-refractivity contribution >= 4 is 0 Å². The van der Waals surface area contributed by atoms with E-state index in [2.05, 4.69) is 39.9 Å². The molecular formula is C13H27NO. The molecule has 2 heteroatoms. The van der Waals surface area contributed by atoms with Gasteiger partial charge in [0.05, 0.1) is 11.7 Å². The SMILES string of the molecule is CC(C)OC1(CCNC(C)(C)C)CCC1. The molecule has 1 N–H and O–H groups in total. The molecule has 1 saturated carbocycles. The first-order valence-electron chi connectivity index (χ1n) is 6.26. The van der Waals surface area contributed by atoms with E-state index >= 15 is 0 Å². The highest BCUT2D eigenvalue weighted by atomic mass is 16.5. The van der Waals surface area contributed by atoms with Crippen LogP contribution in [0.25, 0.3) is 0 Å². The van der Waals surface area contributed by atoms with Crippen LogP contribution in [-0.2, 0) is 4.74 Å². The molecule has 0 aliphatic heterocycles. The van der Waals surface area contributed by atoms with E-state index in [0.717, 1.165) is 13.0 Å². The van der Waals surface area contributed by atoms with E-state index in [1.165, 1.54) is 19.3 Å². The minimum absolute atomic E-state index is 0.201. The van der Waals surface area contributed by atoms with Crippen LogP contribution < -0.4 is 5.32 Å². The van der Waals surface area contributed by atoms with Gasteiger partial charge >= 0.3 is 0 Å². The van der Waals surface area contributed by atoms with Gasteiger partial charge in [-0.1, -0.05) is 0 Å². The van der Waals surface area contributed by atoms with E-state index < -0.39 is 0 Å². The van der Waals surface area contributed by atoms with Gasteiger partial charge in [0.25, 0.3) is 0 Å². The summed E-state index contributed by atoms with van der Waals surface area (Å²) in [4.78, 5) is 0. The highest BCUT2D eigenvalue weighted by molar-refractivity contribution is 4.91. The van der Waals surface area contributed by atoms with Gasteiger partial charge in [-0.3, -0.25) is 0 Å². The van der Waals surface area contributed by atoms with Crippen LogP contribution in [0, 0.1) is 0 Å². The summed E-state index contributed by atoms with van der Waals surface area (Å²) in [5.41, 5.74) is 0.426. The summed E-state index contributed by atoms with van der Waals surface area (Å²) in [7, 11) is 0. The van der Waals surface area contributed by atoms with Crippen LogP contribution >= 0.6 is 0 Å². The molecule has 0 saturated heterocycles. The Labute approximate surface area is 94.8 Å². The first kappa shape index (κ1) is 13.0. The lowest BCUT2D eigenvalue weighted by atomic mass is 9.77. The molecule has 1 rings (SSSR count). The zero-order valence-corrected chi connectivity index (χ0v) is 11.0. The van der Waals surface area contributed by atoms with Crippen molar-refractivity contribution in [3.63, 3.8) is 0 Å². The number of nitrogens with one attached hydrogen (secondary N) is 1. The molecule has 2 nitrogen and oxygen atoms in total. The van der Waals surface area contributed by atoms with Crippen molar-refractivity contribution in [1.82, 2.24) is 5.32 Å². The van der Waals surface area contributed by atoms with Crippen LogP contribution in [0.4, 0.5) is 0 Å². The Kier molecular flexibility index (Phi) is 4.19. The second kappa shape index (κ2) is 4.84. The second-order valence-electron chi connectivity index (χ2n) is 6.13. The van der Waals surface area contributed by atoms with Gasteiger partial charge in [0.15, 0.2) is 0 Å². The van der Waals surface area contributed by atoms with Crippen LogP contribution in [0.1, 0.15) is 60.3 Å². The fraction of sp³-hybridized carbons (Fsp3) is 1.00. The highest BCUT2D eigenvalue weighted by Crippen LogP contribution is 2.39. The highest BCUT2D eigenvalue weighted by Gasteiger charge is 2.38. The van der Waals surface area contributed by atoms with Gasteiger partial charge < -0.3 is 10.1 Å². The van der Waals surface area contributed by atoms with Gasteiger partial charge in [0.1, 0.15) is 0 Å². The molecule has 0 unspecified atom stereocenters. The molecule has 0 aromatic carbocycles. The van der Waals surface area contributed by atoms with Crippen LogP contribution in [0.15, 0.2) is 0 Å². The molecule has 15 heavy (non-hydrogen) atoms. The molecule has 0 bridgehead atoms. The van der Waals surface area contributed by atoms with Crippen LogP contribution in [0.5, 0.6) is 0 Å². The minimum atomic E-state index is 0.201. The van der Waals surface area contributed by atoms with Crippen molar-refractivity contribution in [2.45, 2.75) is 77.5 Å². The van der Waals surface area contributed by atoms with E-state index in [9.17, 15) is 0 Å². The fourth-order valence-corrected chi connectivity index (χ4v) is 2.16. The Morgan fingerprint density at radius 1 is 1.27 bits per heavy atom. The second-order valence-corrected chi connectivity index (χ2v) is 6.13. The van der Waals surface area contributed by atoms with Crippen molar-refractivity contribution in [2.24, 2.45) is 0 Å². The van der Waals surface area contributed by atoms with Crippen molar-refractivity contribution < 1.29 is 4.74 Å². The lowest BCUT2D eigenvalue weighted by molar-refractivity contribution is -0.132. The quantitative estimate of drug-likeness (QED) is 0.757. The van der Waals surface area contributed by atoms with Gasteiger partial charge in [-0.25, -0.2) is 0 Å². The third kappa shape index (κ3) is 4.52. The Hall–Kier alpha value is -0.0800. The van der Waals surface area contributed by atoms with E-state index in [1.54, 1.807) is 0 Å². The maximum atomic E-state index is 6.05. The average molecular weight is 213 g/mol. The summed E-state index contributed by atoms with van der Waals surface area (Å²) in [5.74, 6) is 0. The van der Waals surface area contributed by atoms with E-state index in [-0.39, 0.29) is 11.1 Å². The summed E-state index contributed by atoms with van der Waals surface area (Å²) in [6, 6.07) is 0. The molecule has 1 fully saturated rings. The Morgan fingerprint density at radius 3 is 2.20 bits per heavy atom. The molecule has 0 radical (unpaired) electrons. The zero-order chi connectivity index (χ0) is 11.5. The topological polar surface area (TPSA) is 21.3 Å². The molecule has 0 aromatic heterocycles. The van der Waals surface area contributed by atoms with Gasteiger partial charge in [-0.2, -0.15) is 0 Å². The predicted molar refractivity (Wildman–Crippen MR) is 65.2 cm³/mol. The monoisotopic (exact) mass is 213 g/mol. The van der Waals surface area contributed by atoms with Crippen molar-refractivity contribution in [1.29, 1.82) is 0 Å². The summed E-state index contributed by atoms with van der Waals surface area (Å²) < 4.78 is 6.05. The summed E-state index contributed by atoms with van der Waals surface area (Å²) in [6.07, 6.45) is 5.35. The van der Waals surface area contributed by atoms with Gasteiger partial charge in [-0.05, 0) is 66.8 Å². The molecule has 0 heterocycles. The molecule has 90 valence electrons. The molecule has 0 spiro atoms. The smallest absolute Gasteiger partial charge is 0.0698 e. The third-order valence-corrected chi connectivity index (χ3v) is 2.99. The van der Waals surface area contributed by atoms with Crippen molar-refractivity contribution in [3.05, 3.63) is 0 Å². The number of hydrogen-bond donors (Lipinski definition) is 1. The third-order valence-electron chi connectivity index (χ3n) is 2.99. The number of rotatable bonds is 5. The largest absolute Gasteiger partial charge is 0.372 e. The summed E-state index contributed by atoms with van der Waals surface area (Å²) >= 11 is 0. The van der Waals surface area contributed by atoms with Gasteiger partial charge in [0.2, 0.25) is 0 Å². The molecular weight excluding hydrogens is 186 g/mol. The van der Waals surface area contributed by atoms with Crippen molar-refractivity contribution in [2.75, 3.05) is 6.54 Å². The normalized spacial score (nSPS) is 20.4. The maximum absolute atomic E-state index is 6.05. The molecule has 1 aliphatic rings. The van der Waals surface area contributed by atoms with Crippen molar-refractivity contribution in [3.8, 4) is 0 Å². The van der Waals surface area contributed by atoms with Crippen LogP contribution in [0.2, 0.25) is 0 Å². The number of ether oxygens (including phenoxy) is 1. The molecule has 0 atom stereocenters. The Balaban J connectivity index is 2.28. The lowest BCUT2D eigenvalue weighted by Gasteiger charge is -2.43. The van der Waals surface area contributed by atoms with Crippen LogP contribution in [-0.4, -0.2) is 23.8 Å². The molecule has 1 aliphatic carbocycles. The van der Waals surface area contributed by atoms with Gasteiger partial charge in [0, 0.05) is 5.54 Å².